The molecule has 1 unspecified atom stereocenters. The summed E-state index contributed by atoms with van der Waals surface area (Å²) in [6.07, 6.45) is 0.741. The lowest BCUT2D eigenvalue weighted by Gasteiger charge is -2.19. The fraction of sp³-hybridized carbons (Fsp3) is 0.259. The van der Waals surface area contributed by atoms with Gasteiger partial charge in [0.25, 0.3) is 0 Å². The maximum atomic E-state index is 13.0. The lowest BCUT2D eigenvalue weighted by Crippen LogP contribution is -2.35. The van der Waals surface area contributed by atoms with Gasteiger partial charge in [0.2, 0.25) is 11.8 Å². The average Bonchev–Trinajstić information content (AvgIpc) is 3.56. The van der Waals surface area contributed by atoms with Crippen LogP contribution in [0.15, 0.2) is 84.9 Å². The third kappa shape index (κ3) is 4.38. The Morgan fingerprint density at radius 1 is 0.871 bits per heavy atom. The van der Waals surface area contributed by atoms with Gasteiger partial charge in [-0.25, -0.2) is 0 Å². The van der Waals surface area contributed by atoms with Gasteiger partial charge in [0.1, 0.15) is 0 Å². The summed E-state index contributed by atoms with van der Waals surface area (Å²) in [7, 11) is 0. The van der Waals surface area contributed by atoms with Gasteiger partial charge < -0.3 is 10.6 Å². The van der Waals surface area contributed by atoms with Crippen LogP contribution >= 0.6 is 0 Å². The van der Waals surface area contributed by atoms with Gasteiger partial charge in [-0.05, 0) is 41.2 Å². The standard InChI is InChI=1S/C27H28N2O2/c1-19(2)20-13-15-23(16-14-20)29-25(30)18-28-26(31)24-17-27(24,21-9-5-3-6-10-21)22-11-7-4-8-12-22/h3-16,19,24H,17-18H2,1-2H3,(H,28,31)(H,29,30). The summed E-state index contributed by atoms with van der Waals surface area (Å²) in [5.41, 5.74) is 3.90. The Bertz CT molecular complexity index is 1000. The van der Waals surface area contributed by atoms with Crippen LogP contribution in [-0.4, -0.2) is 18.4 Å². The van der Waals surface area contributed by atoms with Crippen LogP contribution in [0.25, 0.3) is 0 Å². The van der Waals surface area contributed by atoms with Gasteiger partial charge in [-0.1, -0.05) is 86.6 Å². The van der Waals surface area contributed by atoms with Crippen LogP contribution in [0.5, 0.6) is 0 Å². The first kappa shape index (κ1) is 20.9. The minimum Gasteiger partial charge on any atom is -0.347 e. The highest BCUT2D eigenvalue weighted by Crippen LogP contribution is 2.58. The SMILES string of the molecule is CC(C)c1ccc(NC(=O)CNC(=O)C2CC2(c2ccccc2)c2ccccc2)cc1. The number of anilines is 1. The zero-order chi connectivity index (χ0) is 21.8. The Morgan fingerprint density at radius 2 is 1.42 bits per heavy atom. The Morgan fingerprint density at radius 3 is 1.94 bits per heavy atom. The van der Waals surface area contributed by atoms with Gasteiger partial charge in [0, 0.05) is 11.1 Å². The van der Waals surface area contributed by atoms with Gasteiger partial charge >= 0.3 is 0 Å². The quantitative estimate of drug-likeness (QED) is 0.582. The predicted molar refractivity (Wildman–Crippen MR) is 124 cm³/mol. The van der Waals surface area contributed by atoms with Crippen molar-refractivity contribution >= 4 is 17.5 Å². The Kier molecular flexibility index (Phi) is 5.90. The third-order valence-corrected chi connectivity index (χ3v) is 6.14. The predicted octanol–water partition coefficient (Wildman–Crippen LogP) is 4.87. The molecule has 0 aliphatic heterocycles. The second-order valence-electron chi connectivity index (χ2n) is 8.50. The Balaban J connectivity index is 1.40. The largest absolute Gasteiger partial charge is 0.347 e. The van der Waals surface area contributed by atoms with Gasteiger partial charge in [-0.2, -0.15) is 0 Å². The first-order valence-electron chi connectivity index (χ1n) is 10.8. The van der Waals surface area contributed by atoms with Crippen molar-refractivity contribution < 1.29 is 9.59 Å². The van der Waals surface area contributed by atoms with Crippen LogP contribution in [0.4, 0.5) is 5.69 Å². The van der Waals surface area contributed by atoms with E-state index in [1.54, 1.807) is 0 Å². The van der Waals surface area contributed by atoms with Crippen LogP contribution in [0.2, 0.25) is 0 Å². The Labute approximate surface area is 183 Å². The lowest BCUT2D eigenvalue weighted by atomic mass is 9.85. The zero-order valence-corrected chi connectivity index (χ0v) is 18.0. The maximum Gasteiger partial charge on any atom is 0.243 e. The minimum absolute atomic E-state index is 0.0407. The van der Waals surface area contributed by atoms with Crippen molar-refractivity contribution in [3.8, 4) is 0 Å². The molecule has 3 aromatic rings. The molecular weight excluding hydrogens is 384 g/mol. The Hall–Kier alpha value is -3.40. The van der Waals surface area contributed by atoms with Crippen LogP contribution in [0, 0.1) is 5.92 Å². The summed E-state index contributed by atoms with van der Waals surface area (Å²) in [6, 6.07) is 28.1. The molecule has 0 radical (unpaired) electrons. The summed E-state index contributed by atoms with van der Waals surface area (Å²) in [4.78, 5) is 25.3. The number of carbonyl (C=O) groups excluding carboxylic acids is 2. The van der Waals surface area contributed by atoms with E-state index >= 15 is 0 Å². The molecule has 0 heterocycles. The number of hydrogen-bond donors (Lipinski definition) is 2. The molecule has 0 aromatic heterocycles. The summed E-state index contributed by atoms with van der Waals surface area (Å²) in [6.45, 7) is 4.22. The molecule has 158 valence electrons. The number of benzene rings is 3. The second kappa shape index (κ2) is 8.76. The fourth-order valence-corrected chi connectivity index (χ4v) is 4.30. The van der Waals surface area contributed by atoms with Crippen LogP contribution in [0.1, 0.15) is 42.9 Å². The fourth-order valence-electron chi connectivity index (χ4n) is 4.30. The molecule has 0 bridgehead atoms. The topological polar surface area (TPSA) is 58.2 Å². The molecule has 1 fully saturated rings. The van der Waals surface area contributed by atoms with E-state index in [0.29, 0.717) is 5.92 Å². The number of carbonyl (C=O) groups is 2. The average molecular weight is 413 g/mol. The molecule has 1 atom stereocenters. The molecule has 2 amide bonds. The van der Waals surface area contributed by atoms with Crippen molar-refractivity contribution in [2.45, 2.75) is 31.6 Å². The van der Waals surface area contributed by atoms with E-state index in [9.17, 15) is 9.59 Å². The molecule has 4 nitrogen and oxygen atoms in total. The first-order chi connectivity index (χ1) is 15.0. The first-order valence-corrected chi connectivity index (χ1v) is 10.8. The lowest BCUT2D eigenvalue weighted by molar-refractivity contribution is -0.125. The van der Waals surface area contributed by atoms with E-state index < -0.39 is 0 Å². The summed E-state index contributed by atoms with van der Waals surface area (Å²) in [5, 5.41) is 5.69. The van der Waals surface area contributed by atoms with Crippen molar-refractivity contribution in [1.82, 2.24) is 5.32 Å². The molecule has 1 saturated carbocycles. The van der Waals surface area contributed by atoms with E-state index in [1.165, 1.54) is 5.56 Å². The molecule has 0 saturated heterocycles. The van der Waals surface area contributed by atoms with Crippen molar-refractivity contribution in [3.63, 3.8) is 0 Å². The van der Waals surface area contributed by atoms with Gasteiger partial charge in [-0.15, -0.1) is 0 Å². The normalized spacial score (nSPS) is 16.5. The van der Waals surface area contributed by atoms with Crippen LogP contribution in [-0.2, 0) is 15.0 Å². The van der Waals surface area contributed by atoms with Crippen molar-refractivity contribution in [1.29, 1.82) is 0 Å². The molecule has 0 spiro atoms. The minimum atomic E-state index is -0.324. The van der Waals surface area contributed by atoms with Crippen LogP contribution in [0.3, 0.4) is 0 Å². The van der Waals surface area contributed by atoms with E-state index in [1.807, 2.05) is 60.7 Å². The molecule has 1 aliphatic carbocycles. The summed E-state index contributed by atoms with van der Waals surface area (Å²) in [5.74, 6) is -0.0539. The number of amides is 2. The monoisotopic (exact) mass is 412 g/mol. The molecule has 3 aromatic carbocycles. The van der Waals surface area contributed by atoms with Crippen molar-refractivity contribution in [2.75, 3.05) is 11.9 Å². The van der Waals surface area contributed by atoms with Gasteiger partial charge in [0.15, 0.2) is 0 Å². The highest BCUT2D eigenvalue weighted by molar-refractivity contribution is 5.96. The molecular formula is C27H28N2O2. The number of nitrogens with one attached hydrogen (secondary N) is 2. The van der Waals surface area contributed by atoms with Gasteiger partial charge in [-0.3, -0.25) is 9.59 Å². The molecule has 1 aliphatic rings. The highest BCUT2D eigenvalue weighted by atomic mass is 16.2. The van der Waals surface area contributed by atoms with E-state index in [-0.39, 0.29) is 29.7 Å². The van der Waals surface area contributed by atoms with Crippen LogP contribution < -0.4 is 10.6 Å². The maximum absolute atomic E-state index is 13.0. The van der Waals surface area contributed by atoms with E-state index in [0.717, 1.165) is 23.2 Å². The van der Waals surface area contributed by atoms with Crippen molar-refractivity contribution in [2.24, 2.45) is 5.92 Å². The van der Waals surface area contributed by atoms with Crippen molar-refractivity contribution in [3.05, 3.63) is 102 Å². The number of rotatable bonds is 7. The highest BCUT2D eigenvalue weighted by Gasteiger charge is 2.60. The molecule has 4 heteroatoms. The molecule has 31 heavy (non-hydrogen) atoms. The number of hydrogen-bond acceptors (Lipinski definition) is 2. The molecule has 4 rings (SSSR count). The zero-order valence-electron chi connectivity index (χ0n) is 18.0. The molecule has 2 N–H and O–H groups in total. The summed E-state index contributed by atoms with van der Waals surface area (Å²) < 4.78 is 0. The van der Waals surface area contributed by atoms with E-state index in [4.69, 9.17) is 0 Å². The van der Waals surface area contributed by atoms with E-state index in [2.05, 4.69) is 48.7 Å². The third-order valence-electron chi connectivity index (χ3n) is 6.14. The second-order valence-corrected chi connectivity index (χ2v) is 8.50. The summed E-state index contributed by atoms with van der Waals surface area (Å²) >= 11 is 0. The van der Waals surface area contributed by atoms with Gasteiger partial charge in [0.05, 0.1) is 12.5 Å². The smallest absolute Gasteiger partial charge is 0.243 e.